The molecule has 0 fully saturated rings. The van der Waals surface area contributed by atoms with Gasteiger partial charge in [0.2, 0.25) is 0 Å². The molecule has 4 nitrogen and oxygen atoms in total. The molecule has 0 saturated heterocycles. The molecule has 1 aliphatic rings. The summed E-state index contributed by atoms with van der Waals surface area (Å²) in [6, 6.07) is 11.6. The highest BCUT2D eigenvalue weighted by atomic mass is 35.5. The highest BCUT2D eigenvalue weighted by Gasteiger charge is 2.23. The van der Waals surface area contributed by atoms with Gasteiger partial charge in [-0.3, -0.25) is 0 Å². The van der Waals surface area contributed by atoms with Crippen LogP contribution in [-0.4, -0.2) is 19.0 Å². The average molecular weight is 360 g/mol. The summed E-state index contributed by atoms with van der Waals surface area (Å²) in [5.41, 5.74) is 1.33. The van der Waals surface area contributed by atoms with Crippen molar-refractivity contribution < 1.29 is 18.7 Å². The summed E-state index contributed by atoms with van der Waals surface area (Å²) in [5, 5.41) is 0.516. The van der Waals surface area contributed by atoms with Crippen molar-refractivity contribution in [1.82, 2.24) is 0 Å². The number of carbonyl (C=O) groups is 1. The van der Waals surface area contributed by atoms with Crippen molar-refractivity contribution in [2.45, 2.75) is 12.8 Å². The molecule has 0 unspecified atom stereocenters. The molecule has 0 spiro atoms. The van der Waals surface area contributed by atoms with E-state index in [-0.39, 0.29) is 17.4 Å². The molecule has 3 rings (SSSR count). The highest BCUT2D eigenvalue weighted by Crippen LogP contribution is 2.27. The SMILES string of the molecule is COc1ccc(Cl)cc1/C=C1/N=C(CCc2ccccc2F)OC1=O. The third-order valence-corrected chi connectivity index (χ3v) is 3.95. The van der Waals surface area contributed by atoms with E-state index in [0.717, 1.165) is 0 Å². The first-order valence-corrected chi connectivity index (χ1v) is 8.03. The molecule has 0 aliphatic carbocycles. The van der Waals surface area contributed by atoms with Crippen molar-refractivity contribution >= 4 is 29.5 Å². The third-order valence-electron chi connectivity index (χ3n) is 3.71. The van der Waals surface area contributed by atoms with Crippen LogP contribution in [0, 0.1) is 5.82 Å². The molecule has 6 heteroatoms. The summed E-state index contributed by atoms with van der Waals surface area (Å²) in [6.07, 6.45) is 2.28. The van der Waals surface area contributed by atoms with E-state index in [2.05, 4.69) is 4.99 Å². The molecule has 25 heavy (non-hydrogen) atoms. The minimum absolute atomic E-state index is 0.157. The van der Waals surface area contributed by atoms with Crippen LogP contribution in [-0.2, 0) is 16.0 Å². The Labute approximate surface area is 149 Å². The van der Waals surface area contributed by atoms with Crippen LogP contribution >= 0.6 is 11.6 Å². The molecular weight excluding hydrogens is 345 g/mol. The van der Waals surface area contributed by atoms with Crippen molar-refractivity contribution in [3.05, 3.63) is 70.1 Å². The van der Waals surface area contributed by atoms with Crippen molar-refractivity contribution in [3.8, 4) is 5.75 Å². The van der Waals surface area contributed by atoms with Gasteiger partial charge in [0.15, 0.2) is 11.6 Å². The van der Waals surface area contributed by atoms with E-state index >= 15 is 0 Å². The van der Waals surface area contributed by atoms with Gasteiger partial charge in [0.1, 0.15) is 11.6 Å². The summed E-state index contributed by atoms with van der Waals surface area (Å²) in [4.78, 5) is 16.2. The lowest BCUT2D eigenvalue weighted by Crippen LogP contribution is -2.05. The minimum atomic E-state index is -0.550. The van der Waals surface area contributed by atoms with E-state index in [1.807, 2.05) is 0 Å². The molecule has 0 radical (unpaired) electrons. The quantitative estimate of drug-likeness (QED) is 0.586. The number of aryl methyl sites for hydroxylation is 1. The summed E-state index contributed by atoms with van der Waals surface area (Å²) in [6.45, 7) is 0. The first-order chi connectivity index (χ1) is 12.1. The van der Waals surface area contributed by atoms with Crippen LogP contribution in [0.5, 0.6) is 5.75 Å². The Morgan fingerprint density at radius 3 is 2.80 bits per heavy atom. The third kappa shape index (κ3) is 4.06. The lowest BCUT2D eigenvalue weighted by molar-refractivity contribution is -0.130. The second-order valence-corrected chi connectivity index (χ2v) is 5.84. The molecule has 1 aliphatic heterocycles. The summed E-state index contributed by atoms with van der Waals surface area (Å²) in [7, 11) is 1.53. The van der Waals surface area contributed by atoms with E-state index in [0.29, 0.717) is 34.7 Å². The van der Waals surface area contributed by atoms with E-state index in [1.54, 1.807) is 42.5 Å². The largest absolute Gasteiger partial charge is 0.496 e. The Bertz CT molecular complexity index is 877. The average Bonchev–Trinajstić information content (AvgIpc) is 2.94. The lowest BCUT2D eigenvalue weighted by Gasteiger charge is -2.04. The second kappa shape index (κ2) is 7.49. The zero-order valence-corrected chi connectivity index (χ0v) is 14.2. The van der Waals surface area contributed by atoms with Gasteiger partial charge in [-0.05, 0) is 42.3 Å². The van der Waals surface area contributed by atoms with Crippen LogP contribution in [0.4, 0.5) is 4.39 Å². The summed E-state index contributed by atoms with van der Waals surface area (Å²) in [5.74, 6) is -0.00220. The summed E-state index contributed by atoms with van der Waals surface area (Å²) >= 11 is 5.98. The van der Waals surface area contributed by atoms with Gasteiger partial charge < -0.3 is 9.47 Å². The predicted octanol–water partition coefficient (Wildman–Crippen LogP) is 4.42. The number of halogens is 2. The number of carbonyl (C=O) groups excluding carboxylic acids is 1. The van der Waals surface area contributed by atoms with Gasteiger partial charge in [0.05, 0.1) is 7.11 Å². The molecule has 128 valence electrons. The Hall–Kier alpha value is -2.66. The Morgan fingerprint density at radius 2 is 2.04 bits per heavy atom. The maximum atomic E-state index is 13.6. The van der Waals surface area contributed by atoms with Crippen LogP contribution < -0.4 is 4.74 Å². The van der Waals surface area contributed by atoms with Gasteiger partial charge in [-0.1, -0.05) is 29.8 Å². The van der Waals surface area contributed by atoms with Crippen molar-refractivity contribution in [3.63, 3.8) is 0 Å². The van der Waals surface area contributed by atoms with E-state index in [4.69, 9.17) is 21.1 Å². The predicted molar refractivity (Wildman–Crippen MR) is 94.2 cm³/mol. The monoisotopic (exact) mass is 359 g/mol. The van der Waals surface area contributed by atoms with Gasteiger partial charge >= 0.3 is 5.97 Å². The van der Waals surface area contributed by atoms with Crippen LogP contribution in [0.1, 0.15) is 17.5 Å². The van der Waals surface area contributed by atoms with Crippen molar-refractivity contribution in [1.29, 1.82) is 0 Å². The van der Waals surface area contributed by atoms with Crippen LogP contribution in [0.25, 0.3) is 6.08 Å². The number of aliphatic imine (C=N–C) groups is 1. The number of benzene rings is 2. The number of ether oxygens (including phenoxy) is 2. The zero-order chi connectivity index (χ0) is 17.8. The van der Waals surface area contributed by atoms with Gasteiger partial charge in [-0.15, -0.1) is 0 Å². The van der Waals surface area contributed by atoms with Crippen LogP contribution in [0.3, 0.4) is 0 Å². The molecule has 1 heterocycles. The molecular formula is C19H15ClFNO3. The van der Waals surface area contributed by atoms with E-state index in [1.165, 1.54) is 13.2 Å². The van der Waals surface area contributed by atoms with Crippen LogP contribution in [0.15, 0.2) is 53.2 Å². The minimum Gasteiger partial charge on any atom is -0.496 e. The maximum Gasteiger partial charge on any atom is 0.363 e. The molecule has 0 amide bonds. The fraction of sp³-hybridized carbons (Fsp3) is 0.158. The van der Waals surface area contributed by atoms with Crippen LogP contribution in [0.2, 0.25) is 5.02 Å². The highest BCUT2D eigenvalue weighted by molar-refractivity contribution is 6.30. The number of cyclic esters (lactones) is 1. The Kier molecular flexibility index (Phi) is 5.14. The fourth-order valence-corrected chi connectivity index (χ4v) is 2.65. The molecule has 0 atom stereocenters. The zero-order valence-electron chi connectivity index (χ0n) is 13.5. The fourth-order valence-electron chi connectivity index (χ4n) is 2.47. The number of rotatable bonds is 5. The first kappa shape index (κ1) is 17.2. The molecule has 2 aromatic carbocycles. The van der Waals surface area contributed by atoms with Crippen molar-refractivity contribution in [2.24, 2.45) is 4.99 Å². The molecule has 0 saturated carbocycles. The molecule has 2 aromatic rings. The number of nitrogens with zero attached hydrogens (tertiary/aromatic N) is 1. The molecule has 0 N–H and O–H groups in total. The van der Waals surface area contributed by atoms with E-state index in [9.17, 15) is 9.18 Å². The topological polar surface area (TPSA) is 47.9 Å². The van der Waals surface area contributed by atoms with Gasteiger partial charge in [0.25, 0.3) is 0 Å². The smallest absolute Gasteiger partial charge is 0.363 e. The Balaban J connectivity index is 1.78. The molecule has 0 bridgehead atoms. The van der Waals surface area contributed by atoms with Gasteiger partial charge in [-0.2, -0.15) is 0 Å². The number of hydrogen-bond donors (Lipinski definition) is 0. The van der Waals surface area contributed by atoms with Gasteiger partial charge in [-0.25, -0.2) is 14.2 Å². The molecule has 0 aromatic heterocycles. The normalized spacial score (nSPS) is 15.2. The second-order valence-electron chi connectivity index (χ2n) is 5.40. The van der Waals surface area contributed by atoms with Crippen molar-refractivity contribution in [2.75, 3.05) is 7.11 Å². The first-order valence-electron chi connectivity index (χ1n) is 7.65. The Morgan fingerprint density at radius 1 is 1.24 bits per heavy atom. The number of hydrogen-bond acceptors (Lipinski definition) is 4. The maximum absolute atomic E-state index is 13.6. The standard InChI is InChI=1S/C19H15ClFNO3/c1-24-17-8-7-14(20)10-13(17)11-16-19(23)25-18(22-16)9-6-12-4-2-3-5-15(12)21/h2-5,7-8,10-11H,6,9H2,1H3/b16-11+. The summed E-state index contributed by atoms with van der Waals surface area (Å²) < 4.78 is 24.0. The lowest BCUT2D eigenvalue weighted by atomic mass is 10.1. The number of methoxy groups -OCH3 is 1. The van der Waals surface area contributed by atoms with E-state index < -0.39 is 5.97 Å². The van der Waals surface area contributed by atoms with Gasteiger partial charge in [0, 0.05) is 17.0 Å². The number of esters is 1.